The molecule has 0 radical (unpaired) electrons. The summed E-state index contributed by atoms with van der Waals surface area (Å²) in [7, 11) is -3.65. The second-order valence-corrected chi connectivity index (χ2v) is 7.29. The Morgan fingerprint density at radius 1 is 1.26 bits per heavy atom. The van der Waals surface area contributed by atoms with Crippen molar-refractivity contribution < 1.29 is 12.8 Å². The van der Waals surface area contributed by atoms with Gasteiger partial charge >= 0.3 is 0 Å². The van der Waals surface area contributed by atoms with Gasteiger partial charge in [-0.25, -0.2) is 17.5 Å². The summed E-state index contributed by atoms with van der Waals surface area (Å²) in [6.07, 6.45) is 0.546. The van der Waals surface area contributed by atoms with Crippen LogP contribution in [0.1, 0.15) is 27.2 Å². The molecule has 0 bridgehead atoms. The third-order valence-corrected chi connectivity index (χ3v) is 4.41. The second kappa shape index (κ2) is 5.98. The van der Waals surface area contributed by atoms with Crippen molar-refractivity contribution in [3.05, 3.63) is 30.1 Å². The van der Waals surface area contributed by atoms with E-state index in [1.54, 1.807) is 0 Å². The van der Waals surface area contributed by atoms with Crippen LogP contribution in [0.3, 0.4) is 0 Å². The lowest BCUT2D eigenvalue weighted by Crippen LogP contribution is -2.44. The molecule has 0 fully saturated rings. The minimum absolute atomic E-state index is 0.0557. The van der Waals surface area contributed by atoms with Crippen LogP contribution >= 0.6 is 0 Å². The molecule has 4 nitrogen and oxygen atoms in total. The molecule has 0 aromatic heterocycles. The van der Waals surface area contributed by atoms with Gasteiger partial charge < -0.3 is 5.73 Å². The van der Waals surface area contributed by atoms with E-state index in [9.17, 15) is 12.8 Å². The maximum absolute atomic E-state index is 12.8. The van der Waals surface area contributed by atoms with E-state index in [0.717, 1.165) is 12.1 Å². The zero-order valence-corrected chi connectivity index (χ0v) is 12.3. The molecular weight excluding hydrogens is 267 g/mol. The molecule has 1 unspecified atom stereocenters. The smallest absolute Gasteiger partial charge is 0.240 e. The monoisotopic (exact) mass is 288 g/mol. The van der Waals surface area contributed by atoms with Gasteiger partial charge in [0.2, 0.25) is 10.0 Å². The molecule has 0 amide bonds. The Balaban J connectivity index is 2.97. The summed E-state index contributed by atoms with van der Waals surface area (Å²) in [5.41, 5.74) is 5.28. The molecule has 1 aromatic carbocycles. The van der Waals surface area contributed by atoms with Crippen LogP contribution in [-0.2, 0) is 10.0 Å². The fourth-order valence-electron chi connectivity index (χ4n) is 1.70. The maximum Gasteiger partial charge on any atom is 0.240 e. The summed E-state index contributed by atoms with van der Waals surface area (Å²) in [5.74, 6) is -0.465. The molecule has 0 aliphatic heterocycles. The van der Waals surface area contributed by atoms with Crippen molar-refractivity contribution in [1.82, 2.24) is 4.72 Å². The Labute approximate surface area is 114 Å². The Hall–Kier alpha value is -0.980. The number of benzene rings is 1. The second-order valence-electron chi connectivity index (χ2n) is 5.57. The highest BCUT2D eigenvalue weighted by Gasteiger charge is 2.28. The molecule has 3 N–H and O–H groups in total. The molecule has 0 saturated carbocycles. The first-order chi connectivity index (χ1) is 8.66. The van der Waals surface area contributed by atoms with Crippen molar-refractivity contribution in [1.29, 1.82) is 0 Å². The summed E-state index contributed by atoms with van der Waals surface area (Å²) in [6, 6.07) is 4.49. The molecule has 1 atom stereocenters. The SMILES string of the molecule is CC(C)(C)C(CCN)NS(=O)(=O)c1ccc(F)cc1. The van der Waals surface area contributed by atoms with Crippen molar-refractivity contribution in [3.8, 4) is 0 Å². The Morgan fingerprint density at radius 3 is 2.21 bits per heavy atom. The van der Waals surface area contributed by atoms with Crippen molar-refractivity contribution in [3.63, 3.8) is 0 Å². The van der Waals surface area contributed by atoms with Gasteiger partial charge in [0, 0.05) is 6.04 Å². The average molecular weight is 288 g/mol. The zero-order chi connectivity index (χ0) is 14.7. The van der Waals surface area contributed by atoms with Crippen LogP contribution in [0, 0.1) is 11.2 Å². The zero-order valence-electron chi connectivity index (χ0n) is 11.5. The van der Waals surface area contributed by atoms with Crippen molar-refractivity contribution in [2.45, 2.75) is 38.1 Å². The lowest BCUT2D eigenvalue weighted by Gasteiger charge is -2.31. The molecule has 19 heavy (non-hydrogen) atoms. The molecule has 0 saturated heterocycles. The molecule has 0 heterocycles. The summed E-state index contributed by atoms with van der Waals surface area (Å²) in [6.45, 7) is 6.23. The predicted octanol–water partition coefficient (Wildman–Crippen LogP) is 1.87. The van der Waals surface area contributed by atoms with Gasteiger partial charge in [0.15, 0.2) is 0 Å². The largest absolute Gasteiger partial charge is 0.330 e. The maximum atomic E-state index is 12.8. The number of rotatable bonds is 5. The first-order valence-corrected chi connectivity index (χ1v) is 7.63. The number of nitrogens with one attached hydrogen (secondary N) is 1. The highest BCUT2D eigenvalue weighted by atomic mass is 32.2. The van der Waals surface area contributed by atoms with E-state index in [4.69, 9.17) is 5.73 Å². The molecule has 6 heteroatoms. The molecule has 1 rings (SSSR count). The summed E-state index contributed by atoms with van der Waals surface area (Å²) < 4.78 is 39.9. The van der Waals surface area contributed by atoms with Crippen molar-refractivity contribution in [2.75, 3.05) is 6.54 Å². The van der Waals surface area contributed by atoms with Gasteiger partial charge in [0.25, 0.3) is 0 Å². The third kappa shape index (κ3) is 4.56. The highest BCUT2D eigenvalue weighted by molar-refractivity contribution is 7.89. The molecule has 1 aromatic rings. The number of sulfonamides is 1. The summed E-state index contributed by atoms with van der Waals surface area (Å²) >= 11 is 0. The highest BCUT2D eigenvalue weighted by Crippen LogP contribution is 2.23. The minimum atomic E-state index is -3.65. The van der Waals surface area contributed by atoms with Crippen LogP contribution in [0.25, 0.3) is 0 Å². The van der Waals surface area contributed by atoms with Gasteiger partial charge in [-0.2, -0.15) is 0 Å². The van der Waals surface area contributed by atoms with Gasteiger partial charge in [-0.3, -0.25) is 0 Å². The van der Waals surface area contributed by atoms with Gasteiger partial charge in [-0.05, 0) is 42.6 Å². The first kappa shape index (κ1) is 16.1. The van der Waals surface area contributed by atoms with Crippen LogP contribution in [-0.4, -0.2) is 21.0 Å². The fourth-order valence-corrected chi connectivity index (χ4v) is 3.18. The van der Waals surface area contributed by atoms with Crippen LogP contribution in [0.15, 0.2) is 29.2 Å². The van der Waals surface area contributed by atoms with Gasteiger partial charge in [-0.1, -0.05) is 20.8 Å². The molecule has 0 aliphatic carbocycles. The van der Waals surface area contributed by atoms with Crippen LogP contribution < -0.4 is 10.5 Å². The fraction of sp³-hybridized carbons (Fsp3) is 0.538. The average Bonchev–Trinajstić information content (AvgIpc) is 2.27. The Bertz CT molecular complexity index is 506. The summed E-state index contributed by atoms with van der Waals surface area (Å²) in [5, 5.41) is 0. The van der Waals surface area contributed by atoms with Crippen LogP contribution in [0.4, 0.5) is 4.39 Å². The number of halogens is 1. The normalized spacial score (nSPS) is 14.4. The Kier molecular flexibility index (Phi) is 5.06. The van der Waals surface area contributed by atoms with Crippen molar-refractivity contribution in [2.24, 2.45) is 11.1 Å². The number of nitrogens with two attached hydrogens (primary N) is 1. The van der Waals surface area contributed by atoms with Crippen LogP contribution in [0.5, 0.6) is 0 Å². The molecule has 0 spiro atoms. The van der Waals surface area contributed by atoms with E-state index in [1.807, 2.05) is 20.8 Å². The predicted molar refractivity (Wildman–Crippen MR) is 73.6 cm³/mol. The standard InChI is InChI=1S/C13H21FN2O2S/c1-13(2,3)12(8-9-15)16-19(17,18)11-6-4-10(14)5-7-11/h4-7,12,16H,8-9,15H2,1-3H3. The quantitative estimate of drug-likeness (QED) is 0.868. The number of hydrogen-bond acceptors (Lipinski definition) is 3. The topological polar surface area (TPSA) is 72.2 Å². The molecule has 108 valence electrons. The van der Waals surface area contributed by atoms with E-state index in [-0.39, 0.29) is 16.4 Å². The number of hydrogen-bond donors (Lipinski definition) is 2. The first-order valence-electron chi connectivity index (χ1n) is 6.15. The van der Waals surface area contributed by atoms with E-state index in [2.05, 4.69) is 4.72 Å². The van der Waals surface area contributed by atoms with E-state index in [1.165, 1.54) is 12.1 Å². The van der Waals surface area contributed by atoms with Crippen LogP contribution in [0.2, 0.25) is 0 Å². The van der Waals surface area contributed by atoms with Gasteiger partial charge in [0.1, 0.15) is 5.82 Å². The minimum Gasteiger partial charge on any atom is -0.330 e. The van der Waals surface area contributed by atoms with Gasteiger partial charge in [0.05, 0.1) is 4.90 Å². The van der Waals surface area contributed by atoms with E-state index < -0.39 is 15.8 Å². The molecule has 0 aliphatic rings. The van der Waals surface area contributed by atoms with E-state index >= 15 is 0 Å². The molecular formula is C13H21FN2O2S. The Morgan fingerprint density at radius 2 is 1.79 bits per heavy atom. The van der Waals surface area contributed by atoms with E-state index in [0.29, 0.717) is 13.0 Å². The van der Waals surface area contributed by atoms with Gasteiger partial charge in [-0.15, -0.1) is 0 Å². The lowest BCUT2D eigenvalue weighted by atomic mass is 9.85. The third-order valence-electron chi connectivity index (χ3n) is 2.92. The summed E-state index contributed by atoms with van der Waals surface area (Å²) in [4.78, 5) is 0.0557. The van der Waals surface area contributed by atoms with Crippen molar-refractivity contribution >= 4 is 10.0 Å². The lowest BCUT2D eigenvalue weighted by molar-refractivity contribution is 0.287.